The van der Waals surface area contributed by atoms with Gasteiger partial charge < -0.3 is 5.32 Å². The summed E-state index contributed by atoms with van der Waals surface area (Å²) in [6.45, 7) is 7.54. The Morgan fingerprint density at radius 3 is 2.62 bits per heavy atom. The van der Waals surface area contributed by atoms with Gasteiger partial charge in [0.15, 0.2) is 0 Å². The largest absolute Gasteiger partial charge is 0.369 e. The van der Waals surface area contributed by atoms with Crippen LogP contribution in [0.5, 0.6) is 0 Å². The molecule has 2 unspecified atom stereocenters. The monoisotopic (exact) mass is 389 g/mol. The van der Waals surface area contributed by atoms with Gasteiger partial charge in [-0.25, -0.2) is 9.97 Å². The molecule has 1 aromatic rings. The fourth-order valence-corrected chi connectivity index (χ4v) is 5.97. The van der Waals surface area contributed by atoms with E-state index in [2.05, 4.69) is 53.8 Å². The summed E-state index contributed by atoms with van der Waals surface area (Å²) in [7, 11) is 0. The molecule has 0 saturated carbocycles. The van der Waals surface area contributed by atoms with Crippen molar-refractivity contribution >= 4 is 45.3 Å². The first kappa shape index (κ1) is 17.4. The van der Waals surface area contributed by atoms with Crippen LogP contribution in [0, 0.1) is 0 Å². The summed E-state index contributed by atoms with van der Waals surface area (Å²) >= 11 is 7.75. The van der Waals surface area contributed by atoms with Gasteiger partial charge in [0.2, 0.25) is 0 Å². The molecule has 1 aromatic heterocycles. The molecule has 118 valence electrons. The van der Waals surface area contributed by atoms with Crippen LogP contribution in [0.25, 0.3) is 0 Å². The van der Waals surface area contributed by atoms with Gasteiger partial charge in [-0.1, -0.05) is 20.8 Å². The maximum atomic E-state index is 4.85. The molecular weight excluding hydrogens is 366 g/mol. The summed E-state index contributed by atoms with van der Waals surface area (Å²) in [6, 6.07) is 0. The lowest BCUT2D eigenvalue weighted by molar-refractivity contribution is 0.739. The fourth-order valence-electron chi connectivity index (χ4n) is 2.38. The quantitative estimate of drug-likeness (QED) is 0.746. The Hall–Kier alpha value is 0.0600. The van der Waals surface area contributed by atoms with Crippen molar-refractivity contribution in [2.45, 2.75) is 50.5 Å². The van der Waals surface area contributed by atoms with Gasteiger partial charge >= 0.3 is 0 Å². The van der Waals surface area contributed by atoms with Gasteiger partial charge in [0.1, 0.15) is 11.6 Å². The second-order valence-electron chi connectivity index (χ2n) is 5.08. The Balaban J connectivity index is 2.33. The third-order valence-corrected chi connectivity index (χ3v) is 7.60. The third kappa shape index (κ3) is 4.29. The first-order valence-corrected chi connectivity index (χ1v) is 10.6. The molecule has 1 N–H and O–H groups in total. The molecule has 1 saturated heterocycles. The average molecular weight is 390 g/mol. The predicted octanol–water partition coefficient (Wildman–Crippen LogP) is 4.92. The van der Waals surface area contributed by atoms with E-state index < -0.39 is 0 Å². The van der Waals surface area contributed by atoms with Gasteiger partial charge in [0, 0.05) is 23.3 Å². The smallest absolute Gasteiger partial charge is 0.145 e. The van der Waals surface area contributed by atoms with E-state index in [-0.39, 0.29) is 0 Å². The number of nitrogens with one attached hydrogen (secondary N) is 1. The molecule has 1 aliphatic rings. The minimum absolute atomic E-state index is 0.425. The van der Waals surface area contributed by atoms with Crippen LogP contribution < -0.4 is 5.32 Å². The second-order valence-corrected chi connectivity index (χ2v) is 8.47. The highest BCUT2D eigenvalue weighted by Gasteiger charge is 2.29. The van der Waals surface area contributed by atoms with Gasteiger partial charge in [-0.2, -0.15) is 11.8 Å². The highest BCUT2D eigenvalue weighted by atomic mass is 79.9. The number of aryl methyl sites for hydroxylation is 1. The molecule has 2 heterocycles. The standard InChI is InChI=1S/C15H24BrN3S2/c1-4-7-17-14-12(16)10(5-2)18-15(19-14)13-11(6-3)20-8-9-21-13/h11,13H,4-9H2,1-3H3,(H,17,18,19). The molecule has 3 nitrogen and oxygen atoms in total. The molecule has 0 aliphatic carbocycles. The van der Waals surface area contributed by atoms with Crippen molar-refractivity contribution in [1.29, 1.82) is 0 Å². The number of aromatic nitrogens is 2. The normalized spacial score (nSPS) is 22.3. The minimum Gasteiger partial charge on any atom is -0.369 e. The summed E-state index contributed by atoms with van der Waals surface area (Å²) in [5.41, 5.74) is 1.12. The van der Waals surface area contributed by atoms with Crippen molar-refractivity contribution in [3.63, 3.8) is 0 Å². The Bertz CT molecular complexity index is 470. The molecule has 2 rings (SSSR count). The number of halogens is 1. The second kappa shape index (κ2) is 8.63. The Labute approximate surface area is 145 Å². The van der Waals surface area contributed by atoms with Gasteiger partial charge in [0.25, 0.3) is 0 Å². The number of hydrogen-bond acceptors (Lipinski definition) is 5. The molecule has 6 heteroatoms. The zero-order valence-electron chi connectivity index (χ0n) is 13.0. The van der Waals surface area contributed by atoms with E-state index in [4.69, 9.17) is 9.97 Å². The number of thioether (sulfide) groups is 2. The van der Waals surface area contributed by atoms with Crippen molar-refractivity contribution in [3.05, 3.63) is 16.0 Å². The maximum absolute atomic E-state index is 4.85. The van der Waals surface area contributed by atoms with Crippen molar-refractivity contribution in [2.75, 3.05) is 23.4 Å². The number of nitrogens with zero attached hydrogens (tertiary/aromatic N) is 2. The van der Waals surface area contributed by atoms with Crippen molar-refractivity contribution in [1.82, 2.24) is 9.97 Å². The summed E-state index contributed by atoms with van der Waals surface area (Å²) in [4.78, 5) is 9.69. The third-order valence-electron chi connectivity index (χ3n) is 3.52. The molecule has 1 aliphatic heterocycles. The van der Waals surface area contributed by atoms with E-state index >= 15 is 0 Å². The lowest BCUT2D eigenvalue weighted by Crippen LogP contribution is -2.21. The zero-order chi connectivity index (χ0) is 15.2. The van der Waals surface area contributed by atoms with E-state index in [0.717, 1.165) is 41.2 Å². The summed E-state index contributed by atoms with van der Waals surface area (Å²) in [6.07, 6.45) is 3.21. The van der Waals surface area contributed by atoms with Crippen molar-refractivity contribution < 1.29 is 0 Å². The van der Waals surface area contributed by atoms with Crippen LogP contribution in [0.2, 0.25) is 0 Å². The van der Waals surface area contributed by atoms with Crippen LogP contribution in [0.1, 0.15) is 50.4 Å². The summed E-state index contributed by atoms with van der Waals surface area (Å²) in [5, 5.41) is 4.49. The van der Waals surface area contributed by atoms with Gasteiger partial charge in [-0.3, -0.25) is 0 Å². The zero-order valence-corrected chi connectivity index (χ0v) is 16.2. The summed E-state index contributed by atoms with van der Waals surface area (Å²) in [5.74, 6) is 4.42. The fraction of sp³-hybridized carbons (Fsp3) is 0.733. The average Bonchev–Trinajstić information content (AvgIpc) is 2.53. The highest BCUT2D eigenvalue weighted by molar-refractivity contribution is 9.10. The van der Waals surface area contributed by atoms with Crippen LogP contribution in [0.4, 0.5) is 5.82 Å². The van der Waals surface area contributed by atoms with Gasteiger partial charge in [0.05, 0.1) is 15.4 Å². The van der Waals surface area contributed by atoms with Crippen LogP contribution >= 0.6 is 39.5 Å². The highest BCUT2D eigenvalue weighted by Crippen LogP contribution is 2.43. The summed E-state index contributed by atoms with van der Waals surface area (Å²) < 4.78 is 1.03. The number of rotatable bonds is 6. The first-order chi connectivity index (χ1) is 10.2. The molecule has 0 aromatic carbocycles. The predicted molar refractivity (Wildman–Crippen MR) is 99.6 cm³/mol. The first-order valence-electron chi connectivity index (χ1n) is 7.74. The topological polar surface area (TPSA) is 37.8 Å². The molecule has 21 heavy (non-hydrogen) atoms. The van der Waals surface area contributed by atoms with Gasteiger partial charge in [-0.05, 0) is 35.2 Å². The van der Waals surface area contributed by atoms with Crippen LogP contribution in [-0.4, -0.2) is 33.3 Å². The van der Waals surface area contributed by atoms with Crippen LogP contribution in [0.3, 0.4) is 0 Å². The molecule has 2 atom stereocenters. The van der Waals surface area contributed by atoms with E-state index in [0.29, 0.717) is 10.5 Å². The van der Waals surface area contributed by atoms with E-state index in [9.17, 15) is 0 Å². The lowest BCUT2D eigenvalue weighted by atomic mass is 10.2. The molecule has 0 radical (unpaired) electrons. The Morgan fingerprint density at radius 1 is 1.19 bits per heavy atom. The molecule has 0 amide bonds. The van der Waals surface area contributed by atoms with E-state index in [1.165, 1.54) is 17.9 Å². The molecule has 0 bridgehead atoms. The SMILES string of the molecule is CCCNc1nc(C2SCCSC2CC)nc(CC)c1Br. The number of anilines is 1. The minimum atomic E-state index is 0.425. The maximum Gasteiger partial charge on any atom is 0.145 e. The van der Waals surface area contributed by atoms with E-state index in [1.807, 2.05) is 11.8 Å². The Kier molecular flexibility index (Phi) is 7.16. The Morgan fingerprint density at radius 2 is 1.95 bits per heavy atom. The van der Waals surface area contributed by atoms with Crippen molar-refractivity contribution in [3.8, 4) is 0 Å². The van der Waals surface area contributed by atoms with Crippen LogP contribution in [0.15, 0.2) is 4.47 Å². The molecule has 0 spiro atoms. The van der Waals surface area contributed by atoms with Gasteiger partial charge in [-0.15, -0.1) is 11.8 Å². The molecular formula is C15H24BrN3S2. The lowest BCUT2D eigenvalue weighted by Gasteiger charge is -2.29. The van der Waals surface area contributed by atoms with E-state index in [1.54, 1.807) is 0 Å². The number of hydrogen-bond donors (Lipinski definition) is 1. The van der Waals surface area contributed by atoms with Crippen molar-refractivity contribution in [2.24, 2.45) is 0 Å². The van der Waals surface area contributed by atoms with Crippen LogP contribution in [-0.2, 0) is 6.42 Å². The molecule has 1 fully saturated rings.